The van der Waals surface area contributed by atoms with E-state index in [4.69, 9.17) is 5.11 Å². The molecule has 14 heavy (non-hydrogen) atoms. The lowest BCUT2D eigenvalue weighted by molar-refractivity contribution is -0.142. The van der Waals surface area contributed by atoms with Crippen molar-refractivity contribution in [1.82, 2.24) is 0 Å². The first-order chi connectivity index (χ1) is 6.77. The maximum atomic E-state index is 10.9. The first-order valence-electron chi connectivity index (χ1n) is 5.04. The molecule has 0 spiro atoms. The SMILES string of the molecule is O=C(O)[C@@H]1CCC2=C(CC=CC=C2)C1. The zero-order chi connectivity index (χ0) is 9.97. The van der Waals surface area contributed by atoms with Crippen LogP contribution in [0.15, 0.2) is 35.5 Å². The van der Waals surface area contributed by atoms with E-state index in [-0.39, 0.29) is 5.92 Å². The Balaban J connectivity index is 2.18. The van der Waals surface area contributed by atoms with Gasteiger partial charge >= 0.3 is 5.97 Å². The summed E-state index contributed by atoms with van der Waals surface area (Å²) in [5, 5.41) is 8.94. The Hall–Kier alpha value is -1.31. The van der Waals surface area contributed by atoms with Gasteiger partial charge in [0.05, 0.1) is 5.92 Å². The number of hydrogen-bond acceptors (Lipinski definition) is 1. The number of hydrogen-bond donors (Lipinski definition) is 1. The molecule has 2 aliphatic rings. The molecule has 0 fully saturated rings. The Morgan fingerprint density at radius 3 is 3.07 bits per heavy atom. The summed E-state index contributed by atoms with van der Waals surface area (Å²) in [7, 11) is 0. The average molecular weight is 190 g/mol. The van der Waals surface area contributed by atoms with E-state index >= 15 is 0 Å². The van der Waals surface area contributed by atoms with Gasteiger partial charge in [-0.1, -0.05) is 29.9 Å². The summed E-state index contributed by atoms with van der Waals surface area (Å²) in [5.74, 6) is -0.803. The highest BCUT2D eigenvalue weighted by atomic mass is 16.4. The second-order valence-electron chi connectivity index (χ2n) is 3.90. The Morgan fingerprint density at radius 1 is 1.43 bits per heavy atom. The van der Waals surface area contributed by atoms with E-state index in [1.54, 1.807) is 0 Å². The molecule has 1 atom stereocenters. The Kier molecular flexibility index (Phi) is 2.53. The molecular formula is C12H14O2. The smallest absolute Gasteiger partial charge is 0.306 e. The van der Waals surface area contributed by atoms with Crippen LogP contribution in [0.2, 0.25) is 0 Å². The van der Waals surface area contributed by atoms with E-state index < -0.39 is 5.97 Å². The minimum absolute atomic E-state index is 0.159. The zero-order valence-corrected chi connectivity index (χ0v) is 8.07. The standard InChI is InChI=1S/C12H14O2/c13-12(14)11-7-6-9-4-2-1-3-5-10(9)8-11/h1-4,11H,5-8H2,(H,13,14)/t11-/m1/s1. The summed E-state index contributed by atoms with van der Waals surface area (Å²) < 4.78 is 0. The van der Waals surface area contributed by atoms with Gasteiger partial charge in [0.2, 0.25) is 0 Å². The van der Waals surface area contributed by atoms with Crippen molar-refractivity contribution in [3.63, 3.8) is 0 Å². The second kappa shape index (κ2) is 3.82. The van der Waals surface area contributed by atoms with Crippen molar-refractivity contribution in [2.24, 2.45) is 5.92 Å². The minimum Gasteiger partial charge on any atom is -0.481 e. The third-order valence-electron chi connectivity index (χ3n) is 2.97. The topological polar surface area (TPSA) is 37.3 Å². The quantitative estimate of drug-likeness (QED) is 0.690. The summed E-state index contributed by atoms with van der Waals surface area (Å²) in [6.45, 7) is 0. The fraction of sp³-hybridized carbons (Fsp3) is 0.417. The number of carboxylic acid groups (broad SMARTS) is 1. The monoisotopic (exact) mass is 190 g/mol. The molecule has 2 aliphatic carbocycles. The van der Waals surface area contributed by atoms with E-state index in [9.17, 15) is 4.79 Å². The third-order valence-corrected chi connectivity index (χ3v) is 2.97. The van der Waals surface area contributed by atoms with Gasteiger partial charge in [-0.2, -0.15) is 0 Å². The molecule has 0 saturated heterocycles. The van der Waals surface area contributed by atoms with Gasteiger partial charge < -0.3 is 5.11 Å². The van der Waals surface area contributed by atoms with Gasteiger partial charge in [-0.25, -0.2) is 0 Å². The molecule has 0 heterocycles. The number of allylic oxidation sites excluding steroid dienone is 6. The summed E-state index contributed by atoms with van der Waals surface area (Å²) in [6, 6.07) is 0. The number of aliphatic carboxylic acids is 1. The summed E-state index contributed by atoms with van der Waals surface area (Å²) in [6.07, 6.45) is 11.7. The lowest BCUT2D eigenvalue weighted by Crippen LogP contribution is -2.18. The average Bonchev–Trinajstić information content (AvgIpc) is 2.41. The van der Waals surface area contributed by atoms with Gasteiger partial charge in [0.15, 0.2) is 0 Å². The molecule has 0 radical (unpaired) electrons. The molecule has 2 rings (SSSR count). The van der Waals surface area contributed by atoms with Crippen molar-refractivity contribution in [2.75, 3.05) is 0 Å². The molecule has 74 valence electrons. The molecule has 0 aromatic rings. The summed E-state index contributed by atoms with van der Waals surface area (Å²) in [4.78, 5) is 10.9. The van der Waals surface area contributed by atoms with Crippen molar-refractivity contribution in [3.8, 4) is 0 Å². The third kappa shape index (κ3) is 1.79. The largest absolute Gasteiger partial charge is 0.481 e. The fourth-order valence-corrected chi connectivity index (χ4v) is 2.12. The number of carboxylic acids is 1. The van der Waals surface area contributed by atoms with Crippen LogP contribution in [-0.2, 0) is 4.79 Å². The van der Waals surface area contributed by atoms with Crippen molar-refractivity contribution in [1.29, 1.82) is 0 Å². The maximum absolute atomic E-state index is 10.9. The lowest BCUT2D eigenvalue weighted by Gasteiger charge is -2.22. The van der Waals surface area contributed by atoms with Crippen LogP contribution in [0.25, 0.3) is 0 Å². The van der Waals surface area contributed by atoms with Gasteiger partial charge in [0, 0.05) is 0 Å². The van der Waals surface area contributed by atoms with Gasteiger partial charge in [-0.15, -0.1) is 0 Å². The van der Waals surface area contributed by atoms with Crippen LogP contribution in [0.4, 0.5) is 0 Å². The lowest BCUT2D eigenvalue weighted by atomic mass is 9.83. The van der Waals surface area contributed by atoms with Crippen molar-refractivity contribution in [2.45, 2.75) is 25.7 Å². The molecule has 0 amide bonds. The minimum atomic E-state index is -0.645. The molecule has 1 N–H and O–H groups in total. The first kappa shape index (κ1) is 9.25. The Labute approximate surface area is 83.6 Å². The predicted molar refractivity (Wildman–Crippen MR) is 54.9 cm³/mol. The van der Waals surface area contributed by atoms with E-state index in [0.717, 1.165) is 25.7 Å². The molecule has 0 saturated carbocycles. The Bertz CT molecular complexity index is 334. The van der Waals surface area contributed by atoms with Crippen LogP contribution in [0, 0.1) is 5.92 Å². The summed E-state index contributed by atoms with van der Waals surface area (Å²) in [5.41, 5.74) is 2.67. The van der Waals surface area contributed by atoms with Gasteiger partial charge in [0.1, 0.15) is 0 Å². The van der Waals surface area contributed by atoms with Crippen LogP contribution in [-0.4, -0.2) is 11.1 Å². The van der Waals surface area contributed by atoms with E-state index in [1.165, 1.54) is 11.1 Å². The number of rotatable bonds is 1. The predicted octanol–water partition coefficient (Wildman–Crippen LogP) is 2.68. The van der Waals surface area contributed by atoms with E-state index in [0.29, 0.717) is 0 Å². The molecule has 0 aromatic carbocycles. The van der Waals surface area contributed by atoms with Gasteiger partial charge in [-0.05, 0) is 31.3 Å². The molecule has 0 unspecified atom stereocenters. The zero-order valence-electron chi connectivity index (χ0n) is 8.07. The first-order valence-corrected chi connectivity index (χ1v) is 5.04. The number of carbonyl (C=O) groups is 1. The van der Waals surface area contributed by atoms with Crippen LogP contribution in [0.5, 0.6) is 0 Å². The highest BCUT2D eigenvalue weighted by molar-refractivity contribution is 5.71. The van der Waals surface area contributed by atoms with Gasteiger partial charge in [0.25, 0.3) is 0 Å². The van der Waals surface area contributed by atoms with E-state index in [2.05, 4.69) is 12.2 Å². The van der Waals surface area contributed by atoms with Crippen molar-refractivity contribution >= 4 is 5.97 Å². The van der Waals surface area contributed by atoms with Crippen molar-refractivity contribution < 1.29 is 9.90 Å². The molecule has 2 nitrogen and oxygen atoms in total. The molecule has 2 heteroatoms. The van der Waals surface area contributed by atoms with Gasteiger partial charge in [-0.3, -0.25) is 4.79 Å². The summed E-state index contributed by atoms with van der Waals surface area (Å²) >= 11 is 0. The van der Waals surface area contributed by atoms with Crippen LogP contribution in [0.3, 0.4) is 0 Å². The molecule has 0 bridgehead atoms. The molecule has 0 aliphatic heterocycles. The fourth-order valence-electron chi connectivity index (χ4n) is 2.12. The maximum Gasteiger partial charge on any atom is 0.306 e. The van der Waals surface area contributed by atoms with Crippen molar-refractivity contribution in [3.05, 3.63) is 35.5 Å². The van der Waals surface area contributed by atoms with E-state index in [1.807, 2.05) is 12.2 Å². The highest BCUT2D eigenvalue weighted by Crippen LogP contribution is 2.33. The second-order valence-corrected chi connectivity index (χ2v) is 3.90. The van der Waals surface area contributed by atoms with Crippen LogP contribution in [0.1, 0.15) is 25.7 Å². The normalized spacial score (nSPS) is 25.9. The van der Waals surface area contributed by atoms with Crippen LogP contribution >= 0.6 is 0 Å². The molecule has 0 aromatic heterocycles. The Morgan fingerprint density at radius 2 is 2.29 bits per heavy atom. The highest BCUT2D eigenvalue weighted by Gasteiger charge is 2.24. The molecular weight excluding hydrogens is 176 g/mol. The van der Waals surface area contributed by atoms with Crippen LogP contribution < -0.4 is 0 Å².